The number of nitrogen functional groups attached to an aromatic ring is 1. The van der Waals surface area contributed by atoms with Crippen molar-refractivity contribution >= 4 is 23.3 Å². The molecule has 4 nitrogen and oxygen atoms in total. The molecule has 5 heteroatoms. The van der Waals surface area contributed by atoms with Crippen molar-refractivity contribution in [1.82, 2.24) is 0 Å². The lowest BCUT2D eigenvalue weighted by molar-refractivity contribution is 0.0499. The van der Waals surface area contributed by atoms with Crippen LogP contribution in [-0.4, -0.2) is 12.6 Å². The first-order chi connectivity index (χ1) is 8.15. The third-order valence-electron chi connectivity index (χ3n) is 2.13. The van der Waals surface area contributed by atoms with Gasteiger partial charge in [-0.25, -0.2) is 4.79 Å². The van der Waals surface area contributed by atoms with E-state index in [9.17, 15) is 4.79 Å². The van der Waals surface area contributed by atoms with E-state index in [1.54, 1.807) is 6.07 Å². The molecule has 0 heterocycles. The Balaban J connectivity index is 2.45. The van der Waals surface area contributed by atoms with Gasteiger partial charge in [0, 0.05) is 12.1 Å². The number of carbonyl (C=O) groups excluding carboxylic acids is 1. The van der Waals surface area contributed by atoms with Gasteiger partial charge < -0.3 is 10.5 Å². The van der Waals surface area contributed by atoms with Crippen LogP contribution in [0.4, 0.5) is 5.69 Å². The Hall–Kier alpha value is -1.73. The maximum atomic E-state index is 11.6. The van der Waals surface area contributed by atoms with Crippen LogP contribution in [-0.2, 0) is 4.74 Å². The molecule has 0 fully saturated rings. The lowest BCUT2D eigenvalue weighted by atomic mass is 10.2. The van der Waals surface area contributed by atoms with E-state index in [-0.39, 0.29) is 5.02 Å². The summed E-state index contributed by atoms with van der Waals surface area (Å²) in [5.74, 6) is -0.466. The normalized spacial score (nSPS) is 9.65. The Bertz CT molecular complexity index is 441. The molecule has 0 unspecified atom stereocenters. The largest absolute Gasteiger partial charge is 0.462 e. The van der Waals surface area contributed by atoms with Gasteiger partial charge in [0.1, 0.15) is 0 Å². The van der Waals surface area contributed by atoms with Gasteiger partial charge in [0.15, 0.2) is 0 Å². The number of nitriles is 1. The van der Waals surface area contributed by atoms with Crippen molar-refractivity contribution in [1.29, 1.82) is 5.26 Å². The van der Waals surface area contributed by atoms with Crippen LogP contribution in [0, 0.1) is 11.3 Å². The lowest BCUT2D eigenvalue weighted by Crippen LogP contribution is -2.07. The summed E-state index contributed by atoms with van der Waals surface area (Å²) in [7, 11) is 0. The van der Waals surface area contributed by atoms with Gasteiger partial charge in [-0.05, 0) is 31.0 Å². The highest BCUT2D eigenvalue weighted by Gasteiger charge is 2.11. The van der Waals surface area contributed by atoms with E-state index in [1.807, 2.05) is 6.07 Å². The van der Waals surface area contributed by atoms with Crippen molar-refractivity contribution in [3.8, 4) is 6.07 Å². The Morgan fingerprint density at radius 2 is 2.24 bits per heavy atom. The van der Waals surface area contributed by atoms with Crippen LogP contribution in [0.25, 0.3) is 0 Å². The Labute approximate surface area is 105 Å². The summed E-state index contributed by atoms with van der Waals surface area (Å²) in [6, 6.07) is 6.67. The Kier molecular flexibility index (Phi) is 5.31. The number of benzene rings is 1. The van der Waals surface area contributed by atoms with Gasteiger partial charge in [0.05, 0.1) is 23.3 Å². The van der Waals surface area contributed by atoms with Crippen LogP contribution in [0.1, 0.15) is 29.6 Å². The summed E-state index contributed by atoms with van der Waals surface area (Å²) in [5.41, 5.74) is 6.32. The minimum absolute atomic E-state index is 0.284. The number of anilines is 1. The fourth-order valence-corrected chi connectivity index (χ4v) is 1.51. The summed E-state index contributed by atoms with van der Waals surface area (Å²) in [4.78, 5) is 11.6. The van der Waals surface area contributed by atoms with E-state index < -0.39 is 5.97 Å². The van der Waals surface area contributed by atoms with Crippen molar-refractivity contribution in [2.24, 2.45) is 0 Å². The molecule has 0 amide bonds. The minimum atomic E-state index is -0.466. The molecule has 1 aromatic carbocycles. The second kappa shape index (κ2) is 6.77. The van der Waals surface area contributed by atoms with Crippen molar-refractivity contribution < 1.29 is 9.53 Å². The molecular formula is C12H13ClN2O2. The Morgan fingerprint density at radius 3 is 2.88 bits per heavy atom. The fourth-order valence-electron chi connectivity index (χ4n) is 1.25. The fraction of sp³-hybridized carbons (Fsp3) is 0.333. The van der Waals surface area contributed by atoms with E-state index >= 15 is 0 Å². The SMILES string of the molecule is N#CCCCCOC(=O)c1ccc(N)cc1Cl. The number of nitrogens with two attached hydrogens (primary N) is 1. The van der Waals surface area contributed by atoms with Gasteiger partial charge in [-0.15, -0.1) is 0 Å². The molecule has 0 aliphatic rings. The maximum absolute atomic E-state index is 11.6. The van der Waals surface area contributed by atoms with Crippen molar-refractivity contribution in [2.45, 2.75) is 19.3 Å². The molecule has 1 aromatic rings. The first-order valence-corrected chi connectivity index (χ1v) is 5.62. The Morgan fingerprint density at radius 1 is 1.47 bits per heavy atom. The molecule has 0 atom stereocenters. The molecule has 0 saturated carbocycles. The zero-order valence-electron chi connectivity index (χ0n) is 9.28. The molecule has 2 N–H and O–H groups in total. The lowest BCUT2D eigenvalue weighted by Gasteiger charge is -2.06. The van der Waals surface area contributed by atoms with E-state index in [2.05, 4.69) is 0 Å². The smallest absolute Gasteiger partial charge is 0.339 e. The van der Waals surface area contributed by atoms with E-state index in [1.165, 1.54) is 12.1 Å². The number of carbonyl (C=O) groups is 1. The van der Waals surface area contributed by atoms with E-state index in [0.717, 1.165) is 6.42 Å². The second-order valence-corrected chi connectivity index (χ2v) is 3.90. The van der Waals surface area contributed by atoms with Gasteiger partial charge in [0.25, 0.3) is 0 Å². The summed E-state index contributed by atoms with van der Waals surface area (Å²) >= 11 is 5.86. The van der Waals surface area contributed by atoms with Crippen molar-refractivity contribution in [2.75, 3.05) is 12.3 Å². The number of hydrogen-bond donors (Lipinski definition) is 1. The molecule has 1 rings (SSSR count). The maximum Gasteiger partial charge on any atom is 0.339 e. The number of rotatable bonds is 5. The summed E-state index contributed by atoms with van der Waals surface area (Å²) in [6.45, 7) is 0.293. The zero-order valence-corrected chi connectivity index (χ0v) is 10.0. The summed E-state index contributed by atoms with van der Waals surface area (Å²) in [5, 5.41) is 8.61. The number of halogens is 1. The molecule has 0 radical (unpaired) electrons. The molecule has 0 aliphatic heterocycles. The molecule has 0 spiro atoms. The number of nitrogens with zero attached hydrogens (tertiary/aromatic N) is 1. The summed E-state index contributed by atoms with van der Waals surface area (Å²) < 4.78 is 5.02. The van der Waals surface area contributed by atoms with E-state index in [4.69, 9.17) is 27.3 Å². The summed E-state index contributed by atoms with van der Waals surface area (Å²) in [6.07, 6.45) is 1.87. The number of esters is 1. The molecule has 0 bridgehead atoms. The predicted molar refractivity (Wildman–Crippen MR) is 65.6 cm³/mol. The molecule has 0 aliphatic carbocycles. The average molecular weight is 253 g/mol. The van der Waals surface area contributed by atoms with Crippen LogP contribution >= 0.6 is 11.6 Å². The standard InChI is InChI=1S/C12H13ClN2O2/c13-11-8-9(15)4-5-10(11)12(16)17-7-3-1-2-6-14/h4-5,8H,1-3,7,15H2. The third kappa shape index (κ3) is 4.33. The van der Waals surface area contributed by atoms with Crippen LogP contribution in [0.5, 0.6) is 0 Å². The number of ether oxygens (including phenoxy) is 1. The van der Waals surface area contributed by atoms with Crippen LogP contribution in [0.3, 0.4) is 0 Å². The minimum Gasteiger partial charge on any atom is -0.462 e. The molecule has 0 aromatic heterocycles. The second-order valence-electron chi connectivity index (χ2n) is 3.49. The van der Waals surface area contributed by atoms with Gasteiger partial charge >= 0.3 is 5.97 Å². The first-order valence-electron chi connectivity index (χ1n) is 5.24. The topological polar surface area (TPSA) is 76.1 Å². The van der Waals surface area contributed by atoms with Gasteiger partial charge in [0.2, 0.25) is 0 Å². The molecule has 0 saturated heterocycles. The number of unbranched alkanes of at least 4 members (excludes halogenated alkanes) is 2. The van der Waals surface area contributed by atoms with Gasteiger partial charge in [-0.1, -0.05) is 11.6 Å². The highest BCUT2D eigenvalue weighted by atomic mass is 35.5. The molecule has 17 heavy (non-hydrogen) atoms. The van der Waals surface area contributed by atoms with Crippen molar-refractivity contribution in [3.05, 3.63) is 28.8 Å². The van der Waals surface area contributed by atoms with Gasteiger partial charge in [-0.2, -0.15) is 5.26 Å². The number of hydrogen-bond acceptors (Lipinski definition) is 4. The van der Waals surface area contributed by atoms with Crippen LogP contribution < -0.4 is 5.73 Å². The first kappa shape index (κ1) is 13.3. The highest BCUT2D eigenvalue weighted by Crippen LogP contribution is 2.20. The quantitative estimate of drug-likeness (QED) is 0.497. The third-order valence-corrected chi connectivity index (χ3v) is 2.44. The monoisotopic (exact) mass is 252 g/mol. The highest BCUT2D eigenvalue weighted by molar-refractivity contribution is 6.33. The zero-order chi connectivity index (χ0) is 12.7. The predicted octanol–water partition coefficient (Wildman–Crippen LogP) is 2.77. The van der Waals surface area contributed by atoms with E-state index in [0.29, 0.717) is 30.7 Å². The van der Waals surface area contributed by atoms with Crippen molar-refractivity contribution in [3.63, 3.8) is 0 Å². The van der Waals surface area contributed by atoms with Gasteiger partial charge in [-0.3, -0.25) is 0 Å². The van der Waals surface area contributed by atoms with Crippen LogP contribution in [0.2, 0.25) is 5.02 Å². The average Bonchev–Trinajstić information content (AvgIpc) is 2.28. The van der Waals surface area contributed by atoms with Crippen LogP contribution in [0.15, 0.2) is 18.2 Å². The molecular weight excluding hydrogens is 240 g/mol. The molecule has 90 valence electrons.